The molecule has 1 aliphatic carbocycles. The third kappa shape index (κ3) is 7.30. The number of carbonyl (C=O) groups excluding carboxylic acids is 1. The van der Waals surface area contributed by atoms with Crippen molar-refractivity contribution >= 4 is 12.0 Å². The number of fused-ring (bicyclic) bond motifs is 1. The van der Waals surface area contributed by atoms with Crippen molar-refractivity contribution in [3.63, 3.8) is 0 Å². The van der Waals surface area contributed by atoms with Gasteiger partial charge in [-0.1, -0.05) is 56.5 Å². The molecular formula is C35H47N4O5+. The standard InChI is InChI=1S/C35H46N4O5/c1-2-6-26(40)17-28(42)18-27(41)11-9-23-10-12-32(43)33(15-23)44-22-39-20-29-30(19-38-31(29)21-39)35(13-3-4-14-35)25-8-5-7-24(16-25)34(36)37/h5,7-8,10,12,15-16,19,21,26,28,34,40,42-43H,2-4,6,9,11,13-14,17-18,20,22,36-37H2,1H3/p+1. The van der Waals surface area contributed by atoms with Gasteiger partial charge < -0.3 is 31.5 Å². The number of nitrogens with zero attached hydrogens (tertiary/aromatic N) is 1. The molecule has 2 aliphatic heterocycles. The van der Waals surface area contributed by atoms with Gasteiger partial charge in [0.05, 0.1) is 18.4 Å². The highest BCUT2D eigenvalue weighted by Crippen LogP contribution is 2.49. The monoisotopic (exact) mass is 603 g/mol. The van der Waals surface area contributed by atoms with Crippen LogP contribution in [0.5, 0.6) is 11.5 Å². The number of phenols is 1. The largest absolute Gasteiger partial charge is 0.504 e. The first-order chi connectivity index (χ1) is 21.2. The Morgan fingerprint density at radius 2 is 1.91 bits per heavy atom. The second-order valence-corrected chi connectivity index (χ2v) is 12.6. The van der Waals surface area contributed by atoms with Crippen LogP contribution in [0.2, 0.25) is 0 Å². The molecule has 0 amide bonds. The molecule has 3 atom stereocenters. The molecule has 8 N–H and O–H groups in total. The van der Waals surface area contributed by atoms with Gasteiger partial charge in [-0.2, -0.15) is 0 Å². The number of quaternary nitrogens is 1. The second kappa shape index (κ2) is 14.2. The Bertz CT molecular complexity index is 1430. The van der Waals surface area contributed by atoms with Crippen molar-refractivity contribution < 1.29 is 29.8 Å². The lowest BCUT2D eigenvalue weighted by atomic mass is 9.71. The minimum absolute atomic E-state index is 0.0306. The summed E-state index contributed by atoms with van der Waals surface area (Å²) in [6.07, 6.45) is 9.08. The van der Waals surface area contributed by atoms with Crippen LogP contribution in [0, 0.1) is 0 Å². The quantitative estimate of drug-likeness (QED) is 0.171. The van der Waals surface area contributed by atoms with Crippen LogP contribution >= 0.6 is 0 Å². The molecule has 0 radical (unpaired) electrons. The molecule has 2 aromatic carbocycles. The molecule has 2 aromatic rings. The summed E-state index contributed by atoms with van der Waals surface area (Å²) in [6, 6.07) is 13.5. The first-order valence-electron chi connectivity index (χ1n) is 16.0. The number of nitrogens with one attached hydrogen (secondary N) is 1. The SMILES string of the molecule is CCCC(O)CC(O)CC(=O)CCc1ccc(O)c(OC[NH+]2C=C3N=CC(C4(c5cccc(C(N)N)c5)CCCC4)=C3C2)c1. The van der Waals surface area contributed by atoms with Gasteiger partial charge in [0, 0.05) is 30.0 Å². The van der Waals surface area contributed by atoms with Crippen molar-refractivity contribution in [2.24, 2.45) is 16.5 Å². The van der Waals surface area contributed by atoms with Gasteiger partial charge in [0.2, 0.25) is 6.73 Å². The minimum atomic E-state index is -0.835. The maximum atomic E-state index is 12.4. The van der Waals surface area contributed by atoms with E-state index >= 15 is 0 Å². The predicted molar refractivity (Wildman–Crippen MR) is 170 cm³/mol. The maximum absolute atomic E-state index is 12.4. The first-order valence-corrected chi connectivity index (χ1v) is 16.0. The van der Waals surface area contributed by atoms with Gasteiger partial charge in [0.25, 0.3) is 0 Å². The average Bonchev–Trinajstić information content (AvgIpc) is 3.73. The molecular weight excluding hydrogens is 556 g/mol. The Morgan fingerprint density at radius 3 is 2.66 bits per heavy atom. The van der Waals surface area contributed by atoms with Crippen LogP contribution in [0.25, 0.3) is 0 Å². The van der Waals surface area contributed by atoms with Crippen LogP contribution in [0.1, 0.15) is 87.6 Å². The molecule has 5 rings (SSSR count). The molecule has 9 heteroatoms. The zero-order valence-electron chi connectivity index (χ0n) is 25.7. The van der Waals surface area contributed by atoms with Crippen LogP contribution in [-0.4, -0.2) is 52.8 Å². The third-order valence-electron chi connectivity index (χ3n) is 9.27. The van der Waals surface area contributed by atoms with Crippen LogP contribution in [-0.2, 0) is 16.6 Å². The lowest BCUT2D eigenvalue weighted by molar-refractivity contribution is -0.855. The molecule has 0 spiro atoms. The van der Waals surface area contributed by atoms with Gasteiger partial charge in [-0.15, -0.1) is 0 Å². The molecule has 2 heterocycles. The number of aromatic hydroxyl groups is 1. The molecule has 1 saturated carbocycles. The number of allylic oxidation sites excluding steroid dienone is 1. The van der Waals surface area contributed by atoms with Crippen LogP contribution < -0.4 is 21.1 Å². The van der Waals surface area contributed by atoms with Crippen molar-refractivity contribution in [3.8, 4) is 11.5 Å². The number of hydrogen-bond donors (Lipinski definition) is 6. The molecule has 0 saturated heterocycles. The molecule has 44 heavy (non-hydrogen) atoms. The van der Waals surface area contributed by atoms with Crippen molar-refractivity contribution in [2.45, 2.75) is 94.9 Å². The highest BCUT2D eigenvalue weighted by Gasteiger charge is 2.44. The van der Waals surface area contributed by atoms with E-state index in [2.05, 4.69) is 18.3 Å². The number of phenolic OH excluding ortho intramolecular Hbond substituents is 1. The van der Waals surface area contributed by atoms with E-state index in [1.165, 1.54) is 16.7 Å². The number of aryl methyl sites for hydroxylation is 1. The van der Waals surface area contributed by atoms with E-state index in [4.69, 9.17) is 21.2 Å². The Morgan fingerprint density at radius 1 is 1.11 bits per heavy atom. The zero-order valence-corrected chi connectivity index (χ0v) is 25.7. The number of hydrogen-bond acceptors (Lipinski definition) is 8. The van der Waals surface area contributed by atoms with Crippen LogP contribution in [0.4, 0.5) is 0 Å². The van der Waals surface area contributed by atoms with E-state index in [9.17, 15) is 20.1 Å². The van der Waals surface area contributed by atoms with E-state index in [1.807, 2.05) is 25.3 Å². The number of nitrogens with two attached hydrogens (primary N) is 2. The van der Waals surface area contributed by atoms with Crippen molar-refractivity contribution in [2.75, 3.05) is 13.3 Å². The maximum Gasteiger partial charge on any atom is 0.227 e. The number of ether oxygens (including phenoxy) is 1. The summed E-state index contributed by atoms with van der Waals surface area (Å²) in [7, 11) is 0. The first kappa shape index (κ1) is 32.1. The van der Waals surface area contributed by atoms with Crippen molar-refractivity contribution in [1.82, 2.24) is 0 Å². The molecule has 236 valence electrons. The fourth-order valence-corrected chi connectivity index (χ4v) is 6.95. The van der Waals surface area contributed by atoms with Gasteiger partial charge in [-0.3, -0.25) is 14.7 Å². The van der Waals surface area contributed by atoms with Gasteiger partial charge in [0.15, 0.2) is 11.5 Å². The van der Waals surface area contributed by atoms with Crippen molar-refractivity contribution in [3.05, 3.63) is 82.2 Å². The summed E-state index contributed by atoms with van der Waals surface area (Å²) >= 11 is 0. The lowest BCUT2D eigenvalue weighted by Crippen LogP contribution is -3.07. The summed E-state index contributed by atoms with van der Waals surface area (Å²) < 4.78 is 6.09. The fraction of sp³-hybridized carbons (Fsp3) is 0.486. The van der Waals surface area contributed by atoms with Crippen LogP contribution in [0.15, 0.2) is 70.5 Å². The lowest BCUT2D eigenvalue weighted by Gasteiger charge is -2.32. The zero-order chi connectivity index (χ0) is 31.3. The summed E-state index contributed by atoms with van der Waals surface area (Å²) in [5.41, 5.74) is 18.5. The number of aliphatic hydroxyl groups excluding tert-OH is 2. The van der Waals surface area contributed by atoms with E-state index in [-0.39, 0.29) is 36.2 Å². The molecule has 1 fully saturated rings. The normalized spacial score (nSPS) is 20.2. The summed E-state index contributed by atoms with van der Waals surface area (Å²) in [5, 5.41) is 30.5. The number of carbonyl (C=O) groups is 1. The number of benzene rings is 2. The van der Waals surface area contributed by atoms with Gasteiger partial charge in [-0.05, 0) is 66.5 Å². The van der Waals surface area contributed by atoms with E-state index in [1.54, 1.807) is 18.2 Å². The topological polar surface area (TPSA) is 156 Å². The molecule has 0 bridgehead atoms. The van der Waals surface area contributed by atoms with Gasteiger partial charge >= 0.3 is 0 Å². The Labute approximate surface area is 259 Å². The molecule has 9 nitrogen and oxygen atoms in total. The Hall–Kier alpha value is -3.34. The smallest absolute Gasteiger partial charge is 0.227 e. The summed E-state index contributed by atoms with van der Waals surface area (Å²) in [6.45, 7) is 3.04. The molecule has 3 unspecified atom stereocenters. The number of aliphatic hydroxyl groups is 2. The van der Waals surface area contributed by atoms with Crippen molar-refractivity contribution in [1.29, 1.82) is 0 Å². The third-order valence-corrected chi connectivity index (χ3v) is 9.27. The highest BCUT2D eigenvalue weighted by molar-refractivity contribution is 5.90. The molecule has 0 aromatic heterocycles. The number of rotatable bonds is 15. The average molecular weight is 604 g/mol. The van der Waals surface area contributed by atoms with Gasteiger partial charge in [0.1, 0.15) is 24.2 Å². The second-order valence-electron chi connectivity index (χ2n) is 12.6. The minimum Gasteiger partial charge on any atom is -0.504 e. The number of aliphatic imine (C=N–C) groups is 1. The van der Waals surface area contributed by atoms with Crippen LogP contribution in [0.3, 0.4) is 0 Å². The van der Waals surface area contributed by atoms with E-state index in [0.29, 0.717) is 25.3 Å². The number of Topliss-reactive ketones (excluding diaryl/α,β-unsaturated/α-hetero) is 1. The fourth-order valence-electron chi connectivity index (χ4n) is 6.95. The predicted octanol–water partition coefficient (Wildman–Crippen LogP) is 3.08. The summed E-state index contributed by atoms with van der Waals surface area (Å²) in [4.78, 5) is 18.3. The summed E-state index contributed by atoms with van der Waals surface area (Å²) in [5.74, 6) is 0.368. The van der Waals surface area contributed by atoms with E-state index in [0.717, 1.165) is 60.4 Å². The Kier molecular flexibility index (Phi) is 10.3. The van der Waals surface area contributed by atoms with E-state index < -0.39 is 18.4 Å². The Balaban J connectivity index is 1.20. The highest BCUT2D eigenvalue weighted by atomic mass is 16.5. The van der Waals surface area contributed by atoms with Gasteiger partial charge in [-0.25, -0.2) is 0 Å². The number of ketones is 1. The molecule has 3 aliphatic rings.